The Labute approximate surface area is 129 Å². The molecule has 1 N–H and O–H groups in total. The van der Waals surface area contributed by atoms with Gasteiger partial charge in [-0.1, -0.05) is 11.6 Å². The number of ether oxygens (including phenoxy) is 1. The van der Waals surface area contributed by atoms with Crippen LogP contribution in [-0.4, -0.2) is 30.5 Å². The molecule has 1 aromatic carbocycles. The summed E-state index contributed by atoms with van der Waals surface area (Å²) in [6.07, 6.45) is 0.238. The number of carbonyl (C=O) groups is 2. The fraction of sp³-hybridized carbons (Fsp3) is 0.467. The van der Waals surface area contributed by atoms with Gasteiger partial charge in [0.1, 0.15) is 5.75 Å². The van der Waals surface area contributed by atoms with E-state index >= 15 is 0 Å². The van der Waals surface area contributed by atoms with Crippen LogP contribution in [0, 0.1) is 0 Å². The summed E-state index contributed by atoms with van der Waals surface area (Å²) in [5, 5.41) is 3.24. The van der Waals surface area contributed by atoms with E-state index in [4.69, 9.17) is 16.3 Å². The van der Waals surface area contributed by atoms with Gasteiger partial charge in [-0.05, 0) is 39.0 Å². The van der Waals surface area contributed by atoms with Crippen molar-refractivity contribution >= 4 is 29.1 Å². The maximum atomic E-state index is 12.5. The van der Waals surface area contributed by atoms with Crippen molar-refractivity contribution in [2.24, 2.45) is 0 Å². The SMILES string of the molecule is CCNC(=O)CCN1C(=O)C(C)(C)Oc2ccc(Cl)cc21. The van der Waals surface area contributed by atoms with Gasteiger partial charge in [0, 0.05) is 24.5 Å². The first-order valence-corrected chi connectivity index (χ1v) is 7.30. The van der Waals surface area contributed by atoms with E-state index < -0.39 is 5.60 Å². The Morgan fingerprint density at radius 3 is 2.81 bits per heavy atom. The Morgan fingerprint density at radius 2 is 2.14 bits per heavy atom. The van der Waals surface area contributed by atoms with Crippen LogP contribution in [0.4, 0.5) is 5.69 Å². The highest BCUT2D eigenvalue weighted by atomic mass is 35.5. The van der Waals surface area contributed by atoms with Gasteiger partial charge >= 0.3 is 0 Å². The molecule has 0 atom stereocenters. The lowest BCUT2D eigenvalue weighted by Crippen LogP contribution is -2.53. The number of hydrogen-bond acceptors (Lipinski definition) is 3. The zero-order valence-electron chi connectivity index (χ0n) is 12.4. The lowest BCUT2D eigenvalue weighted by molar-refractivity contribution is -0.132. The predicted molar refractivity (Wildman–Crippen MR) is 81.8 cm³/mol. The van der Waals surface area contributed by atoms with Gasteiger partial charge in [0.2, 0.25) is 5.91 Å². The van der Waals surface area contributed by atoms with Crippen molar-refractivity contribution in [3.05, 3.63) is 23.2 Å². The van der Waals surface area contributed by atoms with Crippen molar-refractivity contribution in [1.82, 2.24) is 5.32 Å². The van der Waals surface area contributed by atoms with Crippen LogP contribution >= 0.6 is 11.6 Å². The molecule has 0 spiro atoms. The molecule has 0 unspecified atom stereocenters. The number of nitrogens with one attached hydrogen (secondary N) is 1. The molecule has 21 heavy (non-hydrogen) atoms. The number of carbonyl (C=O) groups excluding carboxylic acids is 2. The summed E-state index contributed by atoms with van der Waals surface area (Å²) in [5.41, 5.74) is -0.349. The Morgan fingerprint density at radius 1 is 1.43 bits per heavy atom. The van der Waals surface area contributed by atoms with Gasteiger partial charge in [-0.15, -0.1) is 0 Å². The highest BCUT2D eigenvalue weighted by Crippen LogP contribution is 2.39. The van der Waals surface area contributed by atoms with Crippen LogP contribution in [0.1, 0.15) is 27.2 Å². The van der Waals surface area contributed by atoms with Crippen LogP contribution in [0.3, 0.4) is 0 Å². The maximum absolute atomic E-state index is 12.5. The second kappa shape index (κ2) is 5.93. The molecule has 0 saturated carbocycles. The third kappa shape index (κ3) is 3.29. The lowest BCUT2D eigenvalue weighted by atomic mass is 10.0. The third-order valence-electron chi connectivity index (χ3n) is 3.27. The quantitative estimate of drug-likeness (QED) is 0.929. The van der Waals surface area contributed by atoms with Crippen LogP contribution in [-0.2, 0) is 9.59 Å². The summed E-state index contributed by atoms with van der Waals surface area (Å²) < 4.78 is 5.72. The summed E-state index contributed by atoms with van der Waals surface area (Å²) >= 11 is 6.00. The molecule has 5 nitrogen and oxygen atoms in total. The average Bonchev–Trinajstić information content (AvgIpc) is 2.40. The van der Waals surface area contributed by atoms with E-state index in [0.29, 0.717) is 29.5 Å². The monoisotopic (exact) mass is 310 g/mol. The summed E-state index contributed by atoms with van der Waals surface area (Å²) in [4.78, 5) is 25.7. The minimum atomic E-state index is -0.956. The fourth-order valence-electron chi connectivity index (χ4n) is 2.26. The largest absolute Gasteiger partial charge is 0.476 e. The zero-order valence-corrected chi connectivity index (χ0v) is 13.2. The highest BCUT2D eigenvalue weighted by Gasteiger charge is 2.40. The van der Waals surface area contributed by atoms with Gasteiger partial charge in [0.25, 0.3) is 5.91 Å². The van der Waals surface area contributed by atoms with Gasteiger partial charge in [0.15, 0.2) is 5.60 Å². The molecule has 0 aliphatic carbocycles. The van der Waals surface area contributed by atoms with Gasteiger partial charge in [-0.25, -0.2) is 0 Å². The number of rotatable bonds is 4. The molecular formula is C15H19ClN2O3. The van der Waals surface area contributed by atoms with E-state index in [-0.39, 0.29) is 18.2 Å². The minimum absolute atomic E-state index is 0.0850. The van der Waals surface area contributed by atoms with E-state index in [9.17, 15) is 9.59 Å². The van der Waals surface area contributed by atoms with Crippen LogP contribution < -0.4 is 15.0 Å². The molecule has 1 aliphatic heterocycles. The number of amides is 2. The number of benzene rings is 1. The van der Waals surface area contributed by atoms with Crippen LogP contribution in [0.2, 0.25) is 5.02 Å². The van der Waals surface area contributed by atoms with Gasteiger partial charge in [-0.2, -0.15) is 0 Å². The molecular weight excluding hydrogens is 292 g/mol. The van der Waals surface area contributed by atoms with Crippen LogP contribution in [0.5, 0.6) is 5.75 Å². The van der Waals surface area contributed by atoms with Crippen molar-refractivity contribution in [3.8, 4) is 5.75 Å². The smallest absolute Gasteiger partial charge is 0.270 e. The van der Waals surface area contributed by atoms with Crippen molar-refractivity contribution < 1.29 is 14.3 Å². The van der Waals surface area contributed by atoms with Crippen molar-refractivity contribution in [2.45, 2.75) is 32.8 Å². The standard InChI is InChI=1S/C15H19ClN2O3/c1-4-17-13(19)7-8-18-11-9-10(16)5-6-12(11)21-15(2,3)14(18)20/h5-6,9H,4,7-8H2,1-3H3,(H,17,19). The molecule has 6 heteroatoms. The van der Waals surface area contributed by atoms with E-state index in [0.717, 1.165) is 0 Å². The van der Waals surface area contributed by atoms with Crippen molar-refractivity contribution in [1.29, 1.82) is 0 Å². The first-order valence-electron chi connectivity index (χ1n) is 6.92. The topological polar surface area (TPSA) is 58.6 Å². The number of halogens is 1. The molecule has 0 saturated heterocycles. The molecule has 2 rings (SSSR count). The Kier molecular flexibility index (Phi) is 4.42. The Balaban J connectivity index is 2.27. The minimum Gasteiger partial charge on any atom is -0.476 e. The molecule has 1 heterocycles. The summed E-state index contributed by atoms with van der Waals surface area (Å²) in [6, 6.07) is 5.14. The van der Waals surface area contributed by atoms with E-state index in [1.165, 1.54) is 0 Å². The second-order valence-electron chi connectivity index (χ2n) is 5.38. The molecule has 1 aromatic rings. The Bertz CT molecular complexity index is 572. The normalized spacial score (nSPS) is 16.2. The van der Waals surface area contributed by atoms with E-state index in [1.54, 1.807) is 36.9 Å². The average molecular weight is 311 g/mol. The van der Waals surface area contributed by atoms with Gasteiger partial charge in [0.05, 0.1) is 5.69 Å². The van der Waals surface area contributed by atoms with Gasteiger partial charge in [-0.3, -0.25) is 9.59 Å². The lowest BCUT2D eigenvalue weighted by Gasteiger charge is -2.38. The summed E-state index contributed by atoms with van der Waals surface area (Å²) in [5.74, 6) is 0.333. The van der Waals surface area contributed by atoms with Crippen LogP contribution in [0.15, 0.2) is 18.2 Å². The van der Waals surface area contributed by atoms with Crippen molar-refractivity contribution in [3.63, 3.8) is 0 Å². The molecule has 2 amide bonds. The Hall–Kier alpha value is -1.75. The molecule has 114 valence electrons. The number of fused-ring (bicyclic) bond motifs is 1. The molecule has 1 aliphatic rings. The van der Waals surface area contributed by atoms with Crippen LogP contribution in [0.25, 0.3) is 0 Å². The predicted octanol–water partition coefficient (Wildman–Crippen LogP) is 2.37. The van der Waals surface area contributed by atoms with E-state index in [2.05, 4.69) is 5.32 Å². The molecule has 0 radical (unpaired) electrons. The summed E-state index contributed by atoms with van der Waals surface area (Å²) in [7, 11) is 0. The number of hydrogen-bond donors (Lipinski definition) is 1. The first-order chi connectivity index (χ1) is 9.85. The first kappa shape index (κ1) is 15.6. The molecule has 0 aromatic heterocycles. The molecule has 0 bridgehead atoms. The highest BCUT2D eigenvalue weighted by molar-refractivity contribution is 6.31. The third-order valence-corrected chi connectivity index (χ3v) is 3.51. The maximum Gasteiger partial charge on any atom is 0.270 e. The fourth-order valence-corrected chi connectivity index (χ4v) is 2.43. The number of anilines is 1. The summed E-state index contributed by atoms with van der Waals surface area (Å²) in [6.45, 7) is 6.16. The molecule has 0 fully saturated rings. The van der Waals surface area contributed by atoms with E-state index in [1.807, 2.05) is 6.92 Å². The zero-order chi connectivity index (χ0) is 15.6. The second-order valence-corrected chi connectivity index (χ2v) is 5.82. The number of nitrogens with zero attached hydrogens (tertiary/aromatic N) is 1. The van der Waals surface area contributed by atoms with Crippen molar-refractivity contribution in [2.75, 3.05) is 18.0 Å². The van der Waals surface area contributed by atoms with Gasteiger partial charge < -0.3 is 15.0 Å².